The van der Waals surface area contributed by atoms with E-state index < -0.39 is 12.1 Å². The van der Waals surface area contributed by atoms with Crippen LogP contribution in [0.2, 0.25) is 0 Å². The average Bonchev–Trinajstić information content (AvgIpc) is 2.80. The number of rotatable bonds is 11. The van der Waals surface area contributed by atoms with Gasteiger partial charge in [-0.15, -0.1) is 0 Å². The van der Waals surface area contributed by atoms with Crippen LogP contribution in [0.25, 0.3) is 0 Å². The SMILES string of the molecule is COc1cc(CCNCC(O)COc2c(NC(N)=O)ccc3c2CCC(=O)N3)cc(OC)c1. The monoisotopic (exact) mass is 458 g/mol. The van der Waals surface area contributed by atoms with Crippen LogP contribution in [-0.2, 0) is 17.6 Å². The van der Waals surface area contributed by atoms with Crippen LogP contribution in [0.15, 0.2) is 30.3 Å². The Kier molecular flexibility index (Phi) is 8.34. The Bertz CT molecular complexity index is 975. The van der Waals surface area contributed by atoms with E-state index in [9.17, 15) is 14.7 Å². The van der Waals surface area contributed by atoms with E-state index in [1.807, 2.05) is 18.2 Å². The molecule has 1 atom stereocenters. The van der Waals surface area contributed by atoms with Crippen molar-refractivity contribution < 1.29 is 28.9 Å². The zero-order valence-corrected chi connectivity index (χ0v) is 18.8. The van der Waals surface area contributed by atoms with Gasteiger partial charge < -0.3 is 41.0 Å². The van der Waals surface area contributed by atoms with Gasteiger partial charge in [-0.1, -0.05) is 0 Å². The van der Waals surface area contributed by atoms with Gasteiger partial charge in [0.15, 0.2) is 0 Å². The van der Waals surface area contributed by atoms with Gasteiger partial charge in [0.1, 0.15) is 30.0 Å². The fourth-order valence-corrected chi connectivity index (χ4v) is 3.59. The van der Waals surface area contributed by atoms with Crippen molar-refractivity contribution in [1.29, 1.82) is 0 Å². The van der Waals surface area contributed by atoms with Crippen LogP contribution in [-0.4, -0.2) is 57.1 Å². The zero-order chi connectivity index (χ0) is 23.8. The van der Waals surface area contributed by atoms with Gasteiger partial charge in [0.25, 0.3) is 0 Å². The molecule has 0 saturated carbocycles. The number of aliphatic hydroxyl groups is 1. The average molecular weight is 459 g/mol. The molecule has 0 spiro atoms. The number of carbonyl (C=O) groups excluding carboxylic acids is 2. The summed E-state index contributed by atoms with van der Waals surface area (Å²) in [5, 5.41) is 18.9. The maximum absolute atomic E-state index is 11.7. The first-order chi connectivity index (χ1) is 15.9. The third kappa shape index (κ3) is 6.74. The van der Waals surface area contributed by atoms with Crippen molar-refractivity contribution in [3.05, 3.63) is 41.5 Å². The van der Waals surface area contributed by atoms with Gasteiger partial charge in [0.2, 0.25) is 5.91 Å². The number of aliphatic hydroxyl groups excluding tert-OH is 1. The number of ether oxygens (including phenoxy) is 3. The smallest absolute Gasteiger partial charge is 0.316 e. The minimum Gasteiger partial charge on any atom is -0.497 e. The number of methoxy groups -OCH3 is 2. The molecule has 3 amide bonds. The molecule has 0 radical (unpaired) electrons. The predicted molar refractivity (Wildman–Crippen MR) is 124 cm³/mol. The molecule has 0 fully saturated rings. The number of primary amides is 1. The third-order valence-electron chi connectivity index (χ3n) is 5.20. The number of carbonyl (C=O) groups is 2. The molecule has 6 N–H and O–H groups in total. The van der Waals surface area contributed by atoms with E-state index >= 15 is 0 Å². The molecule has 0 bridgehead atoms. The molecule has 10 nitrogen and oxygen atoms in total. The number of urea groups is 1. The Balaban J connectivity index is 1.54. The molecule has 1 unspecified atom stereocenters. The van der Waals surface area contributed by atoms with E-state index in [1.54, 1.807) is 26.4 Å². The van der Waals surface area contributed by atoms with Crippen LogP contribution in [0.3, 0.4) is 0 Å². The molecule has 2 aromatic rings. The van der Waals surface area contributed by atoms with Crippen molar-refractivity contribution in [2.45, 2.75) is 25.4 Å². The number of hydrogen-bond acceptors (Lipinski definition) is 7. The lowest BCUT2D eigenvalue weighted by molar-refractivity contribution is -0.116. The molecule has 1 aliphatic rings. The summed E-state index contributed by atoms with van der Waals surface area (Å²) in [4.78, 5) is 23.0. The lowest BCUT2D eigenvalue weighted by Crippen LogP contribution is -2.33. The number of fused-ring (bicyclic) bond motifs is 1. The second-order valence-corrected chi connectivity index (χ2v) is 7.65. The second-order valence-electron chi connectivity index (χ2n) is 7.65. The predicted octanol–water partition coefficient (Wildman–Crippen LogP) is 1.65. The van der Waals surface area contributed by atoms with Gasteiger partial charge >= 0.3 is 6.03 Å². The van der Waals surface area contributed by atoms with Crippen molar-refractivity contribution >= 4 is 23.3 Å². The highest BCUT2D eigenvalue weighted by atomic mass is 16.5. The van der Waals surface area contributed by atoms with E-state index in [2.05, 4.69) is 16.0 Å². The van der Waals surface area contributed by atoms with Gasteiger partial charge in [0, 0.05) is 30.3 Å². The Morgan fingerprint density at radius 2 is 1.91 bits per heavy atom. The fourth-order valence-electron chi connectivity index (χ4n) is 3.59. The first-order valence-corrected chi connectivity index (χ1v) is 10.6. The second kappa shape index (κ2) is 11.4. The molecular weight excluding hydrogens is 428 g/mol. The van der Waals surface area contributed by atoms with Crippen LogP contribution in [0.5, 0.6) is 17.2 Å². The van der Waals surface area contributed by atoms with Crippen molar-refractivity contribution in [1.82, 2.24) is 5.32 Å². The number of nitrogens with one attached hydrogen (secondary N) is 3. The molecule has 2 aromatic carbocycles. The molecule has 10 heteroatoms. The first kappa shape index (κ1) is 24.1. The topological polar surface area (TPSA) is 144 Å². The van der Waals surface area contributed by atoms with E-state index in [-0.39, 0.29) is 12.5 Å². The van der Waals surface area contributed by atoms with Crippen LogP contribution in [0.1, 0.15) is 17.5 Å². The summed E-state index contributed by atoms with van der Waals surface area (Å²) in [5.41, 5.74) is 8.08. The summed E-state index contributed by atoms with van der Waals surface area (Å²) in [6, 6.07) is 8.26. The third-order valence-corrected chi connectivity index (χ3v) is 5.20. The standard InChI is InChI=1S/C23H30N4O6/c1-31-16-9-14(10-17(11-16)32-2)7-8-25-12-15(28)13-33-22-18-3-6-21(29)26-19(18)4-5-20(22)27-23(24)30/h4-5,9-11,15,25,28H,3,6-8,12-13H2,1-2H3,(H,26,29)(H3,24,27,30). The highest BCUT2D eigenvalue weighted by molar-refractivity contribution is 5.97. The Morgan fingerprint density at radius 1 is 1.18 bits per heavy atom. The number of amides is 3. The molecule has 1 aliphatic heterocycles. The molecule has 3 rings (SSSR count). The van der Waals surface area contributed by atoms with Crippen molar-refractivity contribution in [2.24, 2.45) is 5.73 Å². The first-order valence-electron chi connectivity index (χ1n) is 10.6. The Labute approximate surface area is 192 Å². The normalized spacial score (nSPS) is 13.5. The lowest BCUT2D eigenvalue weighted by atomic mass is 10.0. The molecule has 0 aliphatic carbocycles. The van der Waals surface area contributed by atoms with Crippen molar-refractivity contribution in [3.63, 3.8) is 0 Å². The number of benzene rings is 2. The van der Waals surface area contributed by atoms with E-state index in [1.165, 1.54) is 0 Å². The maximum atomic E-state index is 11.7. The minimum absolute atomic E-state index is 0.00216. The van der Waals surface area contributed by atoms with Gasteiger partial charge in [-0.3, -0.25) is 4.79 Å². The van der Waals surface area contributed by atoms with Crippen molar-refractivity contribution in [2.75, 3.05) is 44.5 Å². The molecule has 1 heterocycles. The summed E-state index contributed by atoms with van der Waals surface area (Å²) in [6.45, 7) is 0.942. The molecule has 178 valence electrons. The quantitative estimate of drug-likeness (QED) is 0.322. The Hall–Kier alpha value is -3.50. The summed E-state index contributed by atoms with van der Waals surface area (Å²) in [7, 11) is 3.21. The Morgan fingerprint density at radius 3 is 2.58 bits per heavy atom. The minimum atomic E-state index is -0.791. The van der Waals surface area contributed by atoms with Gasteiger partial charge in [0.05, 0.1) is 19.9 Å². The van der Waals surface area contributed by atoms with Gasteiger partial charge in [-0.05, 0) is 49.2 Å². The molecule has 33 heavy (non-hydrogen) atoms. The zero-order valence-electron chi connectivity index (χ0n) is 18.8. The summed E-state index contributed by atoms with van der Waals surface area (Å²) in [5.74, 6) is 1.76. The number of nitrogens with two attached hydrogens (primary N) is 1. The molecule has 0 saturated heterocycles. The van der Waals surface area contributed by atoms with Crippen LogP contribution < -0.4 is 35.9 Å². The molecular formula is C23H30N4O6. The fraction of sp³-hybridized carbons (Fsp3) is 0.391. The van der Waals surface area contributed by atoms with Crippen LogP contribution in [0, 0.1) is 0 Å². The van der Waals surface area contributed by atoms with Gasteiger partial charge in [-0.25, -0.2) is 4.79 Å². The van der Waals surface area contributed by atoms with Crippen LogP contribution in [0.4, 0.5) is 16.2 Å². The lowest BCUT2D eigenvalue weighted by Gasteiger charge is -2.23. The number of anilines is 2. The largest absolute Gasteiger partial charge is 0.497 e. The van der Waals surface area contributed by atoms with E-state index in [4.69, 9.17) is 19.9 Å². The van der Waals surface area contributed by atoms with E-state index in [0.717, 1.165) is 29.0 Å². The molecule has 0 aromatic heterocycles. The number of hydrogen-bond donors (Lipinski definition) is 5. The summed E-state index contributed by atoms with van der Waals surface area (Å²) >= 11 is 0. The van der Waals surface area contributed by atoms with E-state index in [0.29, 0.717) is 43.1 Å². The van der Waals surface area contributed by atoms with Crippen molar-refractivity contribution in [3.8, 4) is 17.2 Å². The highest BCUT2D eigenvalue weighted by Gasteiger charge is 2.22. The van der Waals surface area contributed by atoms with Gasteiger partial charge in [-0.2, -0.15) is 0 Å². The van der Waals surface area contributed by atoms with Crippen LogP contribution >= 0.6 is 0 Å². The highest BCUT2D eigenvalue weighted by Crippen LogP contribution is 2.37. The summed E-state index contributed by atoms with van der Waals surface area (Å²) < 4.78 is 16.4. The maximum Gasteiger partial charge on any atom is 0.316 e. The summed E-state index contributed by atoms with van der Waals surface area (Å²) in [6.07, 6.45) is 0.700.